The maximum absolute atomic E-state index is 12.6. The van der Waals surface area contributed by atoms with E-state index in [2.05, 4.69) is 21.2 Å². The van der Waals surface area contributed by atoms with Crippen LogP contribution in [0, 0.1) is 30.6 Å². The van der Waals surface area contributed by atoms with Crippen LogP contribution in [0.1, 0.15) is 12.0 Å². The lowest BCUT2D eigenvalue weighted by molar-refractivity contribution is -0.143. The van der Waals surface area contributed by atoms with E-state index in [4.69, 9.17) is 0 Å². The Bertz CT molecular complexity index is 758. The molecule has 3 aliphatic rings. The normalized spacial score (nSPS) is 30.2. The van der Waals surface area contributed by atoms with E-state index in [1.807, 2.05) is 31.2 Å². The molecule has 6 heteroatoms. The monoisotopic (exact) mass is 388 g/mol. The summed E-state index contributed by atoms with van der Waals surface area (Å²) in [6, 6.07) is 5.53. The number of likely N-dealkylation sites (tertiary alicyclic amines) is 1. The predicted molar refractivity (Wildman–Crippen MR) is 91.9 cm³/mol. The number of halogens is 1. The lowest BCUT2D eigenvalue weighted by Crippen LogP contribution is -2.39. The van der Waals surface area contributed by atoms with Crippen molar-refractivity contribution in [2.75, 3.05) is 11.9 Å². The Balaban J connectivity index is 1.47. The number of anilines is 1. The summed E-state index contributed by atoms with van der Waals surface area (Å²) in [5.41, 5.74) is 1.60. The molecule has 4 rings (SSSR count). The smallest absolute Gasteiger partial charge is 0.244 e. The molecule has 1 heterocycles. The number of fused-ring (bicyclic) bond motifs is 5. The number of nitrogens with one attached hydrogen (secondary N) is 1. The van der Waals surface area contributed by atoms with Crippen LogP contribution in [0.25, 0.3) is 0 Å². The van der Waals surface area contributed by atoms with Crippen LogP contribution < -0.4 is 5.32 Å². The molecule has 3 amide bonds. The van der Waals surface area contributed by atoms with Gasteiger partial charge in [-0.25, -0.2) is 0 Å². The van der Waals surface area contributed by atoms with Gasteiger partial charge in [-0.1, -0.05) is 28.1 Å². The highest BCUT2D eigenvalue weighted by Crippen LogP contribution is 2.52. The zero-order valence-electron chi connectivity index (χ0n) is 13.2. The molecule has 5 nitrogen and oxygen atoms in total. The summed E-state index contributed by atoms with van der Waals surface area (Å²) >= 11 is 3.38. The van der Waals surface area contributed by atoms with Crippen LogP contribution >= 0.6 is 15.9 Å². The number of nitrogens with zero attached hydrogens (tertiary/aromatic N) is 1. The second kappa shape index (κ2) is 5.55. The lowest BCUT2D eigenvalue weighted by atomic mass is 9.85. The quantitative estimate of drug-likeness (QED) is 0.638. The Morgan fingerprint density at radius 2 is 1.83 bits per heavy atom. The molecule has 2 bridgehead atoms. The van der Waals surface area contributed by atoms with Crippen LogP contribution in [-0.2, 0) is 14.4 Å². The van der Waals surface area contributed by atoms with Gasteiger partial charge in [0.05, 0.1) is 11.8 Å². The fraction of sp³-hybridized carbons (Fsp3) is 0.389. The number of aryl methyl sites for hydroxylation is 1. The third-order valence-electron chi connectivity index (χ3n) is 5.33. The highest BCUT2D eigenvalue weighted by atomic mass is 79.9. The minimum atomic E-state index is -0.345. The van der Waals surface area contributed by atoms with Gasteiger partial charge in [0.2, 0.25) is 17.7 Å². The van der Waals surface area contributed by atoms with Gasteiger partial charge < -0.3 is 5.32 Å². The van der Waals surface area contributed by atoms with Crippen LogP contribution in [-0.4, -0.2) is 29.2 Å². The number of carbonyl (C=O) groups excluding carboxylic acids is 3. The Morgan fingerprint density at radius 3 is 2.42 bits per heavy atom. The van der Waals surface area contributed by atoms with Crippen molar-refractivity contribution in [3.8, 4) is 0 Å². The molecular weight excluding hydrogens is 372 g/mol. The average molecular weight is 389 g/mol. The zero-order valence-corrected chi connectivity index (χ0v) is 14.7. The topological polar surface area (TPSA) is 66.5 Å². The minimum Gasteiger partial charge on any atom is -0.324 e. The van der Waals surface area contributed by atoms with Crippen LogP contribution in [0.15, 0.2) is 34.8 Å². The summed E-state index contributed by atoms with van der Waals surface area (Å²) in [4.78, 5) is 38.6. The summed E-state index contributed by atoms with van der Waals surface area (Å²) in [5.74, 6) is -0.905. The highest BCUT2D eigenvalue weighted by Gasteiger charge is 2.59. The molecular formula is C18H17BrN2O3. The Kier molecular flexibility index (Phi) is 3.60. The Labute approximate surface area is 148 Å². The van der Waals surface area contributed by atoms with Gasteiger partial charge in [-0.3, -0.25) is 19.3 Å². The molecule has 24 heavy (non-hydrogen) atoms. The molecule has 1 saturated heterocycles. The van der Waals surface area contributed by atoms with Gasteiger partial charge in [0, 0.05) is 10.2 Å². The molecule has 0 aromatic heterocycles. The number of allylic oxidation sites excluding steroid dienone is 2. The van der Waals surface area contributed by atoms with E-state index in [0.717, 1.165) is 21.4 Å². The molecule has 1 saturated carbocycles. The van der Waals surface area contributed by atoms with Crippen molar-refractivity contribution in [1.82, 2.24) is 4.90 Å². The van der Waals surface area contributed by atoms with E-state index < -0.39 is 0 Å². The number of imide groups is 1. The summed E-state index contributed by atoms with van der Waals surface area (Å²) in [6.45, 7) is 1.68. The molecule has 4 unspecified atom stereocenters. The number of hydrogen-bond donors (Lipinski definition) is 1. The van der Waals surface area contributed by atoms with Crippen molar-refractivity contribution in [2.45, 2.75) is 13.3 Å². The Morgan fingerprint density at radius 1 is 1.21 bits per heavy atom. The van der Waals surface area contributed by atoms with Crippen LogP contribution in [0.5, 0.6) is 0 Å². The van der Waals surface area contributed by atoms with E-state index in [-0.39, 0.29) is 47.9 Å². The fourth-order valence-electron chi connectivity index (χ4n) is 4.22. The summed E-state index contributed by atoms with van der Waals surface area (Å²) in [7, 11) is 0. The molecule has 1 aromatic rings. The van der Waals surface area contributed by atoms with E-state index in [1.54, 1.807) is 6.07 Å². The third-order valence-corrected chi connectivity index (χ3v) is 5.82. The van der Waals surface area contributed by atoms with Crippen molar-refractivity contribution in [1.29, 1.82) is 0 Å². The van der Waals surface area contributed by atoms with Gasteiger partial charge in [0.1, 0.15) is 6.54 Å². The van der Waals surface area contributed by atoms with Crippen LogP contribution in [0.3, 0.4) is 0 Å². The van der Waals surface area contributed by atoms with Crippen molar-refractivity contribution in [3.63, 3.8) is 0 Å². The summed E-state index contributed by atoms with van der Waals surface area (Å²) in [5, 5.41) is 2.79. The highest BCUT2D eigenvalue weighted by molar-refractivity contribution is 9.10. The van der Waals surface area contributed by atoms with Gasteiger partial charge in [-0.15, -0.1) is 0 Å². The molecule has 1 aromatic carbocycles. The van der Waals surface area contributed by atoms with E-state index in [9.17, 15) is 14.4 Å². The largest absolute Gasteiger partial charge is 0.324 e. The van der Waals surface area contributed by atoms with E-state index in [1.165, 1.54) is 0 Å². The summed E-state index contributed by atoms with van der Waals surface area (Å²) in [6.07, 6.45) is 4.99. The molecule has 0 radical (unpaired) electrons. The van der Waals surface area contributed by atoms with Gasteiger partial charge in [0.15, 0.2) is 0 Å². The zero-order chi connectivity index (χ0) is 17.0. The molecule has 1 N–H and O–H groups in total. The molecule has 0 spiro atoms. The first-order valence-corrected chi connectivity index (χ1v) is 8.84. The summed E-state index contributed by atoms with van der Waals surface area (Å²) < 4.78 is 0.929. The molecule has 1 aliphatic heterocycles. The first kappa shape index (κ1) is 15.6. The average Bonchev–Trinajstić information content (AvgIpc) is 3.20. The van der Waals surface area contributed by atoms with Crippen molar-refractivity contribution >= 4 is 39.3 Å². The number of carbonyl (C=O) groups is 3. The van der Waals surface area contributed by atoms with Crippen LogP contribution in [0.4, 0.5) is 5.69 Å². The van der Waals surface area contributed by atoms with E-state index >= 15 is 0 Å². The van der Waals surface area contributed by atoms with Gasteiger partial charge in [0.25, 0.3) is 0 Å². The van der Waals surface area contributed by atoms with E-state index in [0.29, 0.717) is 5.69 Å². The molecule has 4 atom stereocenters. The lowest BCUT2D eigenvalue weighted by Gasteiger charge is -2.17. The molecule has 2 fully saturated rings. The maximum Gasteiger partial charge on any atom is 0.244 e. The number of rotatable bonds is 3. The standard InChI is InChI=1S/C18H17BrN2O3/c1-9-6-12(19)4-5-13(9)20-14(22)8-21-17(23)15-10-2-3-11(7-10)16(15)18(21)24/h2-6,10-11,15-16H,7-8H2,1H3,(H,20,22). The minimum absolute atomic E-state index is 0.165. The second-order valence-corrected chi connectivity index (χ2v) is 7.69. The molecule has 2 aliphatic carbocycles. The number of amides is 3. The van der Waals surface area contributed by atoms with Crippen molar-refractivity contribution in [3.05, 3.63) is 40.4 Å². The SMILES string of the molecule is Cc1cc(Br)ccc1NC(=O)CN1C(=O)C2C3C=CC(C3)C2C1=O. The fourth-order valence-corrected chi connectivity index (χ4v) is 4.70. The van der Waals surface area contributed by atoms with Gasteiger partial charge in [-0.05, 0) is 48.9 Å². The van der Waals surface area contributed by atoms with Gasteiger partial charge in [-0.2, -0.15) is 0 Å². The van der Waals surface area contributed by atoms with Crippen molar-refractivity contribution in [2.24, 2.45) is 23.7 Å². The number of hydrogen-bond acceptors (Lipinski definition) is 3. The molecule has 124 valence electrons. The van der Waals surface area contributed by atoms with Crippen LogP contribution in [0.2, 0.25) is 0 Å². The maximum atomic E-state index is 12.6. The predicted octanol–water partition coefficient (Wildman–Crippen LogP) is 2.50. The first-order valence-electron chi connectivity index (χ1n) is 8.05. The Hall–Kier alpha value is -1.95. The third kappa shape index (κ3) is 2.32. The first-order chi connectivity index (χ1) is 11.5. The number of benzene rings is 1. The second-order valence-electron chi connectivity index (χ2n) is 6.77. The van der Waals surface area contributed by atoms with Crippen molar-refractivity contribution < 1.29 is 14.4 Å². The van der Waals surface area contributed by atoms with Gasteiger partial charge >= 0.3 is 0 Å².